The summed E-state index contributed by atoms with van der Waals surface area (Å²) < 4.78 is 59.5. The lowest BCUT2D eigenvalue weighted by molar-refractivity contribution is -0.136. The van der Waals surface area contributed by atoms with E-state index in [1.54, 1.807) is 11.6 Å². The van der Waals surface area contributed by atoms with Gasteiger partial charge in [0.05, 0.1) is 34.0 Å². The molecule has 8 heteroatoms. The van der Waals surface area contributed by atoms with Gasteiger partial charge in [-0.1, -0.05) is 6.07 Å². The van der Waals surface area contributed by atoms with Crippen molar-refractivity contribution in [1.82, 2.24) is 14.1 Å². The first-order valence-electron chi connectivity index (χ1n) is 10.4. The lowest BCUT2D eigenvalue weighted by Crippen LogP contribution is -2.28. The number of imidazole rings is 1. The molecule has 160 valence electrons. The first-order valence-corrected chi connectivity index (χ1v) is 10.4. The van der Waals surface area contributed by atoms with Gasteiger partial charge in [0.15, 0.2) is 5.82 Å². The molecule has 1 N–H and O–H groups in total. The average Bonchev–Trinajstić information content (AvgIpc) is 3.39. The summed E-state index contributed by atoms with van der Waals surface area (Å²) in [4.78, 5) is 4.71. The van der Waals surface area contributed by atoms with Crippen molar-refractivity contribution < 1.29 is 17.6 Å². The van der Waals surface area contributed by atoms with Crippen LogP contribution in [-0.4, -0.2) is 20.7 Å². The maximum absolute atomic E-state index is 14.7. The Bertz CT molecular complexity index is 1370. The second kappa shape index (κ2) is 6.02. The summed E-state index contributed by atoms with van der Waals surface area (Å²) in [5, 5.41) is 3.79. The molecule has 0 bridgehead atoms. The number of aromatic nitrogens is 3. The third-order valence-electron chi connectivity index (χ3n) is 6.59. The molecule has 1 saturated carbocycles. The van der Waals surface area contributed by atoms with E-state index in [0.29, 0.717) is 34.8 Å². The maximum atomic E-state index is 14.7. The zero-order valence-corrected chi connectivity index (χ0v) is 17.0. The highest BCUT2D eigenvalue weighted by atomic mass is 19.4. The zero-order valence-electron chi connectivity index (χ0n) is 17.0. The highest BCUT2D eigenvalue weighted by Gasteiger charge is 2.41. The fraction of sp³-hybridized carbons (Fsp3) is 0.348. The fourth-order valence-electron chi connectivity index (χ4n) is 5.07. The van der Waals surface area contributed by atoms with E-state index in [4.69, 9.17) is 4.98 Å². The molecule has 4 nitrogen and oxygen atoms in total. The molecule has 2 aromatic heterocycles. The number of anilines is 1. The van der Waals surface area contributed by atoms with Crippen molar-refractivity contribution >= 4 is 27.6 Å². The first-order chi connectivity index (χ1) is 14.7. The van der Waals surface area contributed by atoms with Crippen molar-refractivity contribution in [3.63, 3.8) is 0 Å². The van der Waals surface area contributed by atoms with E-state index < -0.39 is 11.7 Å². The van der Waals surface area contributed by atoms with E-state index in [1.807, 2.05) is 23.6 Å². The van der Waals surface area contributed by atoms with Gasteiger partial charge in [-0.15, -0.1) is 0 Å². The van der Waals surface area contributed by atoms with Crippen LogP contribution in [0, 0.1) is 18.7 Å². The Kier molecular flexibility index (Phi) is 3.63. The molecule has 1 aliphatic heterocycles. The average molecular weight is 428 g/mol. The molecule has 6 rings (SSSR count). The maximum Gasteiger partial charge on any atom is 0.418 e. The van der Waals surface area contributed by atoms with E-state index in [2.05, 4.69) is 5.32 Å². The van der Waals surface area contributed by atoms with Gasteiger partial charge in [-0.05, 0) is 55.5 Å². The van der Waals surface area contributed by atoms with Gasteiger partial charge < -0.3 is 14.5 Å². The topological polar surface area (TPSA) is 34.8 Å². The summed E-state index contributed by atoms with van der Waals surface area (Å²) >= 11 is 0. The standard InChI is InChI=1S/C23H20F4N4/c1-11-7-15(24)21-16(8-11)29-22(30(21)2)17-9-13-5-6-14(23(25,26)27)19-20(13)31(17)18(10-28-19)12-3-4-12/h5-9,12,18,28H,3-4,10H2,1-2H3. The monoisotopic (exact) mass is 428 g/mol. The van der Waals surface area contributed by atoms with Crippen LogP contribution in [-0.2, 0) is 13.2 Å². The Morgan fingerprint density at radius 3 is 2.58 bits per heavy atom. The lowest BCUT2D eigenvalue weighted by Gasteiger charge is -2.30. The second-order valence-corrected chi connectivity index (χ2v) is 8.72. The molecule has 0 saturated heterocycles. The molecule has 1 fully saturated rings. The van der Waals surface area contributed by atoms with Gasteiger partial charge in [0.2, 0.25) is 0 Å². The van der Waals surface area contributed by atoms with Crippen LogP contribution < -0.4 is 5.32 Å². The van der Waals surface area contributed by atoms with E-state index >= 15 is 0 Å². The number of aryl methyl sites for hydroxylation is 2. The number of nitrogens with zero attached hydrogens (tertiary/aromatic N) is 3. The van der Waals surface area contributed by atoms with E-state index in [9.17, 15) is 17.6 Å². The number of rotatable bonds is 2. The minimum Gasteiger partial charge on any atom is -0.381 e. The lowest BCUT2D eigenvalue weighted by atomic mass is 10.0. The fourth-order valence-corrected chi connectivity index (χ4v) is 5.07. The quantitative estimate of drug-likeness (QED) is 0.395. The summed E-state index contributed by atoms with van der Waals surface area (Å²) in [6.45, 7) is 2.24. The summed E-state index contributed by atoms with van der Waals surface area (Å²) in [5.74, 6) is 0.618. The Morgan fingerprint density at radius 1 is 1.10 bits per heavy atom. The highest BCUT2D eigenvalue weighted by Crippen LogP contribution is 2.50. The number of fused-ring (bicyclic) bond motifs is 1. The number of alkyl halides is 3. The number of nitrogens with one attached hydrogen (secondary N) is 1. The van der Waals surface area contributed by atoms with Crippen LogP contribution in [0.5, 0.6) is 0 Å². The van der Waals surface area contributed by atoms with Crippen LogP contribution in [0.1, 0.15) is 30.0 Å². The third kappa shape index (κ3) is 2.63. The molecule has 4 aromatic rings. The van der Waals surface area contributed by atoms with Crippen molar-refractivity contribution in [3.05, 3.63) is 47.3 Å². The Balaban J connectivity index is 1.68. The number of hydrogen-bond acceptors (Lipinski definition) is 2. The predicted octanol–water partition coefficient (Wildman–Crippen LogP) is 6.04. The van der Waals surface area contributed by atoms with Gasteiger partial charge in [-0.3, -0.25) is 0 Å². The van der Waals surface area contributed by atoms with Crippen LogP contribution in [0.4, 0.5) is 23.2 Å². The smallest absolute Gasteiger partial charge is 0.381 e. The number of hydrogen-bond donors (Lipinski definition) is 1. The van der Waals surface area contributed by atoms with Gasteiger partial charge >= 0.3 is 6.18 Å². The molecule has 1 atom stereocenters. The summed E-state index contributed by atoms with van der Waals surface area (Å²) in [7, 11) is 1.75. The number of benzene rings is 2. The van der Waals surface area contributed by atoms with Gasteiger partial charge in [0, 0.05) is 19.0 Å². The Morgan fingerprint density at radius 2 is 1.87 bits per heavy atom. The molecule has 2 aliphatic rings. The van der Waals surface area contributed by atoms with Crippen molar-refractivity contribution in [1.29, 1.82) is 0 Å². The van der Waals surface area contributed by atoms with Crippen LogP contribution in [0.3, 0.4) is 0 Å². The van der Waals surface area contributed by atoms with Gasteiger partial charge in [-0.2, -0.15) is 13.2 Å². The summed E-state index contributed by atoms with van der Waals surface area (Å²) in [5.41, 5.74) is 2.45. The molecule has 2 aromatic carbocycles. The Hall–Kier alpha value is -3.03. The number of halogens is 4. The van der Waals surface area contributed by atoms with Crippen molar-refractivity contribution in [2.45, 2.75) is 32.0 Å². The Labute approximate surface area is 175 Å². The largest absolute Gasteiger partial charge is 0.418 e. The first kappa shape index (κ1) is 18.7. The molecule has 3 heterocycles. The van der Waals surface area contributed by atoms with Crippen LogP contribution in [0.25, 0.3) is 33.5 Å². The zero-order chi connectivity index (χ0) is 21.7. The van der Waals surface area contributed by atoms with Crippen molar-refractivity contribution in [3.8, 4) is 11.5 Å². The molecule has 0 radical (unpaired) electrons. The minimum atomic E-state index is -4.45. The molecule has 1 unspecified atom stereocenters. The molecular formula is C23H20F4N4. The molecule has 31 heavy (non-hydrogen) atoms. The molecule has 0 amide bonds. The van der Waals surface area contributed by atoms with Crippen LogP contribution in [0.15, 0.2) is 30.3 Å². The second-order valence-electron chi connectivity index (χ2n) is 8.72. The van der Waals surface area contributed by atoms with Gasteiger partial charge in [-0.25, -0.2) is 9.37 Å². The van der Waals surface area contributed by atoms with Crippen molar-refractivity contribution in [2.75, 3.05) is 11.9 Å². The normalized spacial score (nSPS) is 18.7. The summed E-state index contributed by atoms with van der Waals surface area (Å²) in [6, 6.07) is 7.87. The minimum absolute atomic E-state index is 0.0369. The third-order valence-corrected chi connectivity index (χ3v) is 6.59. The SMILES string of the molecule is Cc1cc(F)c2c(c1)nc(-c1cc3ccc(C(F)(F)F)c4c3n1C(C1CC1)CN4)n2C. The molecule has 1 aliphatic carbocycles. The molecule has 0 spiro atoms. The van der Waals surface area contributed by atoms with Gasteiger partial charge in [0.25, 0.3) is 0 Å². The summed E-state index contributed by atoms with van der Waals surface area (Å²) in [6.07, 6.45) is -2.34. The van der Waals surface area contributed by atoms with E-state index in [-0.39, 0.29) is 17.5 Å². The van der Waals surface area contributed by atoms with Crippen LogP contribution >= 0.6 is 0 Å². The van der Waals surface area contributed by atoms with E-state index in [1.165, 1.54) is 12.1 Å². The molecular weight excluding hydrogens is 408 g/mol. The van der Waals surface area contributed by atoms with Crippen LogP contribution in [0.2, 0.25) is 0 Å². The highest BCUT2D eigenvalue weighted by molar-refractivity contribution is 5.98. The van der Waals surface area contributed by atoms with Gasteiger partial charge in [0.1, 0.15) is 11.3 Å². The van der Waals surface area contributed by atoms with Crippen molar-refractivity contribution in [2.24, 2.45) is 13.0 Å². The predicted molar refractivity (Wildman–Crippen MR) is 112 cm³/mol. The van der Waals surface area contributed by atoms with E-state index in [0.717, 1.165) is 35.6 Å².